The summed E-state index contributed by atoms with van der Waals surface area (Å²) >= 11 is 5.70. The molecule has 2 aromatic carbocycles. The van der Waals surface area contributed by atoms with Crippen LogP contribution in [0.1, 0.15) is 28.4 Å². The van der Waals surface area contributed by atoms with Crippen LogP contribution in [-0.4, -0.2) is 23.4 Å². The second-order valence-corrected chi connectivity index (χ2v) is 5.33. The maximum atomic E-state index is 12.3. The molecule has 0 radical (unpaired) electrons. The van der Waals surface area contributed by atoms with E-state index in [1.165, 1.54) is 12.1 Å². The van der Waals surface area contributed by atoms with Crippen LogP contribution in [0.25, 0.3) is 6.08 Å². The number of phenolic OH excluding ortho intramolecular Hbond substituents is 1. The van der Waals surface area contributed by atoms with Gasteiger partial charge in [0.25, 0.3) is 0 Å². The minimum Gasteiger partial charge on any atom is -0.508 e. The highest BCUT2D eigenvalue weighted by Gasteiger charge is 2.07. The van der Waals surface area contributed by atoms with Gasteiger partial charge in [-0.1, -0.05) is 18.2 Å². The van der Waals surface area contributed by atoms with Crippen LogP contribution in [0.5, 0.6) is 11.5 Å². The van der Waals surface area contributed by atoms with Crippen LogP contribution in [0.3, 0.4) is 0 Å². The van der Waals surface area contributed by atoms with Crippen molar-refractivity contribution >= 4 is 23.5 Å². The fourth-order valence-corrected chi connectivity index (χ4v) is 2.41. The first-order valence-electron chi connectivity index (χ1n) is 7.47. The third kappa shape index (κ3) is 4.60. The smallest absolute Gasteiger partial charge is 0.185 e. The number of aromatic hydroxyl groups is 1. The van der Waals surface area contributed by atoms with Crippen molar-refractivity contribution in [1.82, 2.24) is 0 Å². The number of rotatable bonds is 7. The molecule has 23 heavy (non-hydrogen) atoms. The van der Waals surface area contributed by atoms with Crippen LogP contribution in [0, 0.1) is 0 Å². The Kier molecular flexibility index (Phi) is 6.24. The van der Waals surface area contributed by atoms with Gasteiger partial charge in [-0.05, 0) is 55.3 Å². The number of benzene rings is 2. The van der Waals surface area contributed by atoms with E-state index in [2.05, 4.69) is 0 Å². The zero-order valence-corrected chi connectivity index (χ0v) is 13.7. The summed E-state index contributed by atoms with van der Waals surface area (Å²) in [6, 6.07) is 12.4. The number of aryl methyl sites for hydroxylation is 1. The molecule has 0 aliphatic carbocycles. The van der Waals surface area contributed by atoms with Crippen molar-refractivity contribution in [2.24, 2.45) is 0 Å². The van der Waals surface area contributed by atoms with E-state index in [0.29, 0.717) is 30.0 Å². The molecule has 0 atom stereocenters. The van der Waals surface area contributed by atoms with Crippen molar-refractivity contribution < 1.29 is 14.6 Å². The van der Waals surface area contributed by atoms with Crippen molar-refractivity contribution in [2.75, 3.05) is 12.5 Å². The number of hydrogen-bond donors (Lipinski definition) is 1. The molecule has 0 spiro atoms. The van der Waals surface area contributed by atoms with Gasteiger partial charge in [0, 0.05) is 17.0 Å². The normalized spacial score (nSPS) is 10.9. The highest BCUT2D eigenvalue weighted by molar-refractivity contribution is 6.18. The number of allylic oxidation sites excluding steroid dienone is 1. The van der Waals surface area contributed by atoms with Crippen molar-refractivity contribution in [3.8, 4) is 11.5 Å². The molecular formula is C19H19ClO3. The third-order valence-electron chi connectivity index (χ3n) is 3.36. The second kappa shape index (κ2) is 8.39. The zero-order chi connectivity index (χ0) is 16.7. The van der Waals surface area contributed by atoms with E-state index < -0.39 is 0 Å². The molecule has 1 N–H and O–H groups in total. The Morgan fingerprint density at radius 1 is 1.26 bits per heavy atom. The van der Waals surface area contributed by atoms with Crippen molar-refractivity contribution in [1.29, 1.82) is 0 Å². The Morgan fingerprint density at radius 2 is 2.04 bits per heavy atom. The second-order valence-electron chi connectivity index (χ2n) is 4.95. The molecule has 0 saturated heterocycles. The summed E-state index contributed by atoms with van der Waals surface area (Å²) in [6.45, 7) is 2.49. The molecule has 120 valence electrons. The third-order valence-corrected chi connectivity index (χ3v) is 3.55. The standard InChI is InChI=1S/C19H19ClO3/c1-2-23-19-6-4-3-5-14(19)7-9-17(21)15-8-10-18(22)16(13-15)11-12-20/h3-10,13,22H,2,11-12H2,1H3. The Morgan fingerprint density at radius 3 is 2.78 bits per heavy atom. The maximum absolute atomic E-state index is 12.3. The van der Waals surface area contributed by atoms with Gasteiger partial charge < -0.3 is 9.84 Å². The molecular weight excluding hydrogens is 312 g/mol. The minimum absolute atomic E-state index is 0.132. The summed E-state index contributed by atoms with van der Waals surface area (Å²) in [5, 5.41) is 9.75. The molecule has 2 rings (SSSR count). The first-order chi connectivity index (χ1) is 11.2. The summed E-state index contributed by atoms with van der Waals surface area (Å²) < 4.78 is 5.53. The number of halogens is 1. The van der Waals surface area contributed by atoms with Crippen LogP contribution in [0.15, 0.2) is 48.5 Å². The fourth-order valence-electron chi connectivity index (χ4n) is 2.21. The van der Waals surface area contributed by atoms with Gasteiger partial charge in [0.05, 0.1) is 6.61 Å². The number of para-hydroxylation sites is 1. The lowest BCUT2D eigenvalue weighted by molar-refractivity contribution is 0.104. The van der Waals surface area contributed by atoms with Crippen LogP contribution in [0.2, 0.25) is 0 Å². The minimum atomic E-state index is -0.132. The first-order valence-corrected chi connectivity index (χ1v) is 8.01. The van der Waals surface area contributed by atoms with Gasteiger partial charge >= 0.3 is 0 Å². The first kappa shape index (κ1) is 17.1. The van der Waals surface area contributed by atoms with Gasteiger partial charge in [0.2, 0.25) is 0 Å². The Balaban J connectivity index is 2.20. The highest BCUT2D eigenvalue weighted by atomic mass is 35.5. The van der Waals surface area contributed by atoms with Crippen molar-refractivity contribution in [3.63, 3.8) is 0 Å². The maximum Gasteiger partial charge on any atom is 0.185 e. The number of ether oxygens (including phenoxy) is 1. The van der Waals surface area contributed by atoms with Gasteiger partial charge in [0.15, 0.2) is 5.78 Å². The number of phenols is 1. The number of hydrogen-bond acceptors (Lipinski definition) is 3. The summed E-state index contributed by atoms with van der Waals surface area (Å²) in [5.41, 5.74) is 2.05. The molecule has 0 amide bonds. The van der Waals surface area contributed by atoms with Crippen molar-refractivity contribution in [3.05, 3.63) is 65.2 Å². The number of carbonyl (C=O) groups is 1. The van der Waals surface area contributed by atoms with E-state index in [0.717, 1.165) is 11.3 Å². The summed E-state index contributed by atoms with van der Waals surface area (Å²) in [5.74, 6) is 1.16. The van der Waals surface area contributed by atoms with E-state index in [1.54, 1.807) is 18.2 Å². The summed E-state index contributed by atoms with van der Waals surface area (Å²) in [6.07, 6.45) is 3.77. The van der Waals surface area contributed by atoms with Gasteiger partial charge in [0.1, 0.15) is 11.5 Å². The largest absolute Gasteiger partial charge is 0.508 e. The van der Waals surface area contributed by atoms with E-state index in [4.69, 9.17) is 16.3 Å². The Bertz CT molecular complexity index is 708. The molecule has 0 bridgehead atoms. The van der Waals surface area contributed by atoms with E-state index in [1.807, 2.05) is 31.2 Å². The molecule has 0 aliphatic heterocycles. The van der Waals surface area contributed by atoms with Gasteiger partial charge in [-0.2, -0.15) is 0 Å². The lowest BCUT2D eigenvalue weighted by atomic mass is 10.0. The van der Waals surface area contributed by atoms with Crippen LogP contribution < -0.4 is 4.74 Å². The average molecular weight is 331 g/mol. The molecule has 0 aromatic heterocycles. The van der Waals surface area contributed by atoms with Crippen LogP contribution in [-0.2, 0) is 6.42 Å². The van der Waals surface area contributed by atoms with Gasteiger partial charge in [-0.3, -0.25) is 4.79 Å². The molecule has 0 heterocycles. The lowest BCUT2D eigenvalue weighted by Crippen LogP contribution is -1.98. The number of carbonyl (C=O) groups excluding carboxylic acids is 1. The van der Waals surface area contributed by atoms with E-state index in [-0.39, 0.29) is 11.5 Å². The molecule has 0 saturated carbocycles. The van der Waals surface area contributed by atoms with Gasteiger partial charge in [-0.15, -0.1) is 11.6 Å². The molecule has 2 aromatic rings. The average Bonchev–Trinajstić information content (AvgIpc) is 2.56. The van der Waals surface area contributed by atoms with Crippen LogP contribution >= 0.6 is 11.6 Å². The fraction of sp³-hybridized carbons (Fsp3) is 0.211. The molecule has 0 unspecified atom stereocenters. The zero-order valence-electron chi connectivity index (χ0n) is 13.0. The molecule has 3 nitrogen and oxygen atoms in total. The quantitative estimate of drug-likeness (QED) is 0.463. The van der Waals surface area contributed by atoms with Crippen LogP contribution in [0.4, 0.5) is 0 Å². The SMILES string of the molecule is CCOc1ccccc1C=CC(=O)c1ccc(O)c(CCCl)c1. The van der Waals surface area contributed by atoms with E-state index >= 15 is 0 Å². The number of alkyl halides is 1. The van der Waals surface area contributed by atoms with Gasteiger partial charge in [-0.25, -0.2) is 0 Å². The Hall–Kier alpha value is -2.26. The summed E-state index contributed by atoms with van der Waals surface area (Å²) in [7, 11) is 0. The highest BCUT2D eigenvalue weighted by Crippen LogP contribution is 2.22. The topological polar surface area (TPSA) is 46.5 Å². The van der Waals surface area contributed by atoms with E-state index in [9.17, 15) is 9.90 Å². The Labute approximate surface area is 141 Å². The lowest BCUT2D eigenvalue weighted by Gasteiger charge is -2.06. The predicted octanol–water partition coefficient (Wildman–Crippen LogP) is 4.47. The predicted molar refractivity (Wildman–Crippen MR) is 93.5 cm³/mol. The molecule has 0 fully saturated rings. The molecule has 0 aliphatic rings. The molecule has 4 heteroatoms. The number of ketones is 1. The summed E-state index contributed by atoms with van der Waals surface area (Å²) in [4.78, 5) is 12.3. The van der Waals surface area contributed by atoms with Crippen molar-refractivity contribution in [2.45, 2.75) is 13.3 Å². The monoisotopic (exact) mass is 330 g/mol.